The quantitative estimate of drug-likeness (QED) is 0.785. The maximum Gasteiger partial charge on any atom is 0.244 e. The van der Waals surface area contributed by atoms with Gasteiger partial charge in [-0.25, -0.2) is 12.8 Å². The summed E-state index contributed by atoms with van der Waals surface area (Å²) in [6.45, 7) is -0.336. The normalized spacial score (nSPS) is 12.0. The van der Waals surface area contributed by atoms with E-state index in [-0.39, 0.29) is 18.0 Å². The van der Waals surface area contributed by atoms with Gasteiger partial charge in [0, 0.05) is 19.8 Å². The van der Waals surface area contributed by atoms with Crippen molar-refractivity contribution >= 4 is 10.0 Å². The van der Waals surface area contributed by atoms with Crippen molar-refractivity contribution in [3.63, 3.8) is 0 Å². The van der Waals surface area contributed by atoms with Crippen molar-refractivity contribution in [2.45, 2.75) is 4.90 Å². The first-order chi connectivity index (χ1) is 6.98. The first kappa shape index (κ1) is 12.0. The third-order valence-corrected chi connectivity index (χ3v) is 3.63. The molecule has 0 bridgehead atoms. The van der Waals surface area contributed by atoms with Crippen LogP contribution in [0.25, 0.3) is 0 Å². The Hall–Kier alpha value is -1.05. The molecule has 0 atom stereocenters. The Morgan fingerprint density at radius 3 is 2.73 bits per heavy atom. The highest BCUT2D eigenvalue weighted by Crippen LogP contribution is 2.13. The molecule has 1 rings (SSSR count). The number of rotatable bonds is 4. The minimum atomic E-state index is -3.75. The van der Waals surface area contributed by atoms with E-state index in [1.54, 1.807) is 0 Å². The number of sulfonamides is 1. The van der Waals surface area contributed by atoms with Gasteiger partial charge in [0.05, 0.1) is 12.8 Å². The van der Waals surface area contributed by atoms with Crippen molar-refractivity contribution in [1.82, 2.24) is 9.29 Å². The second-order valence-electron chi connectivity index (χ2n) is 2.89. The monoisotopic (exact) mass is 234 g/mol. The molecule has 0 aliphatic rings. The van der Waals surface area contributed by atoms with Crippen molar-refractivity contribution < 1.29 is 17.9 Å². The summed E-state index contributed by atoms with van der Waals surface area (Å²) >= 11 is 0. The van der Waals surface area contributed by atoms with Crippen LogP contribution in [0.15, 0.2) is 23.4 Å². The zero-order chi connectivity index (χ0) is 11.5. The minimum absolute atomic E-state index is 0.0428. The molecule has 0 aromatic carbocycles. The minimum Gasteiger partial charge on any atom is -0.395 e. The third-order valence-electron chi connectivity index (χ3n) is 1.80. The van der Waals surface area contributed by atoms with Crippen molar-refractivity contribution in [2.75, 3.05) is 20.2 Å². The summed E-state index contributed by atoms with van der Waals surface area (Å²) < 4.78 is 37.1. The molecule has 1 aromatic rings. The first-order valence-corrected chi connectivity index (χ1v) is 5.60. The van der Waals surface area contributed by atoms with Crippen molar-refractivity contribution in [3.8, 4) is 0 Å². The Labute approximate surface area is 87.2 Å². The van der Waals surface area contributed by atoms with Gasteiger partial charge in [0.25, 0.3) is 0 Å². The Morgan fingerprint density at radius 2 is 2.20 bits per heavy atom. The smallest absolute Gasteiger partial charge is 0.244 e. The summed E-state index contributed by atoms with van der Waals surface area (Å²) in [5.74, 6) is -0.714. The number of aliphatic hydroxyl groups is 1. The molecule has 0 saturated heterocycles. The molecule has 0 saturated carbocycles. The molecule has 15 heavy (non-hydrogen) atoms. The molecule has 1 heterocycles. The number of pyridine rings is 1. The SMILES string of the molecule is CN(CCO)S(=O)(=O)c1cncc(F)c1. The molecule has 84 valence electrons. The zero-order valence-electron chi connectivity index (χ0n) is 8.09. The van der Waals surface area contributed by atoms with Gasteiger partial charge in [0.1, 0.15) is 10.7 Å². The van der Waals surface area contributed by atoms with Crippen LogP contribution >= 0.6 is 0 Å². The van der Waals surface area contributed by atoms with Crippen molar-refractivity contribution in [3.05, 3.63) is 24.3 Å². The Morgan fingerprint density at radius 1 is 1.53 bits per heavy atom. The zero-order valence-corrected chi connectivity index (χ0v) is 8.91. The van der Waals surface area contributed by atoms with Crippen LogP contribution < -0.4 is 0 Å². The molecule has 0 unspecified atom stereocenters. The molecule has 0 aliphatic carbocycles. The fourth-order valence-electron chi connectivity index (χ4n) is 0.974. The van der Waals surface area contributed by atoms with Crippen LogP contribution in [-0.4, -0.2) is 43.0 Å². The summed E-state index contributed by atoms with van der Waals surface area (Å²) in [7, 11) is -2.45. The van der Waals surface area contributed by atoms with E-state index in [4.69, 9.17) is 5.11 Å². The van der Waals surface area contributed by atoms with E-state index in [9.17, 15) is 12.8 Å². The van der Waals surface area contributed by atoms with E-state index in [0.29, 0.717) is 0 Å². The van der Waals surface area contributed by atoms with Crippen molar-refractivity contribution in [2.24, 2.45) is 0 Å². The lowest BCUT2D eigenvalue weighted by molar-refractivity contribution is 0.266. The van der Waals surface area contributed by atoms with E-state index >= 15 is 0 Å². The van der Waals surface area contributed by atoms with E-state index < -0.39 is 15.8 Å². The number of hydrogen-bond acceptors (Lipinski definition) is 4. The van der Waals surface area contributed by atoms with Crippen LogP contribution in [0, 0.1) is 5.82 Å². The number of aromatic nitrogens is 1. The summed E-state index contributed by atoms with van der Waals surface area (Å²) in [5.41, 5.74) is 0. The Bertz CT molecular complexity index is 435. The highest BCUT2D eigenvalue weighted by atomic mass is 32.2. The number of likely N-dealkylation sites (N-methyl/N-ethyl adjacent to an activating group) is 1. The fraction of sp³-hybridized carbons (Fsp3) is 0.375. The van der Waals surface area contributed by atoms with Crippen molar-refractivity contribution in [1.29, 1.82) is 0 Å². The van der Waals surface area contributed by atoms with Gasteiger partial charge in [-0.2, -0.15) is 4.31 Å². The van der Waals surface area contributed by atoms with Gasteiger partial charge in [-0.1, -0.05) is 0 Å². The molecular formula is C8H11FN2O3S. The predicted octanol–water partition coefficient (Wildman–Crippen LogP) is -0.167. The molecule has 0 aliphatic heterocycles. The van der Waals surface area contributed by atoms with E-state index in [2.05, 4.69) is 4.98 Å². The number of nitrogens with zero attached hydrogens (tertiary/aromatic N) is 2. The molecule has 1 aromatic heterocycles. The molecule has 0 radical (unpaired) electrons. The Kier molecular flexibility index (Phi) is 3.72. The molecule has 7 heteroatoms. The van der Waals surface area contributed by atoms with E-state index in [1.807, 2.05) is 0 Å². The Balaban J connectivity index is 3.06. The van der Waals surface area contributed by atoms with Gasteiger partial charge >= 0.3 is 0 Å². The van der Waals surface area contributed by atoms with Crippen LogP contribution in [0.4, 0.5) is 4.39 Å². The topological polar surface area (TPSA) is 70.5 Å². The van der Waals surface area contributed by atoms with Crippen LogP contribution in [0.1, 0.15) is 0 Å². The summed E-state index contributed by atoms with van der Waals surface area (Å²) in [5, 5.41) is 8.61. The van der Waals surface area contributed by atoms with Gasteiger partial charge < -0.3 is 5.11 Å². The lowest BCUT2D eigenvalue weighted by Gasteiger charge is -2.15. The first-order valence-electron chi connectivity index (χ1n) is 4.16. The lowest BCUT2D eigenvalue weighted by Crippen LogP contribution is -2.29. The average Bonchev–Trinajstić information content (AvgIpc) is 2.18. The standard InChI is InChI=1S/C8H11FN2O3S/c1-11(2-3-12)15(13,14)8-4-7(9)5-10-6-8/h4-6,12H,2-3H2,1H3. The van der Waals surface area contributed by atoms with Gasteiger partial charge in [0.2, 0.25) is 10.0 Å². The molecule has 1 N–H and O–H groups in total. The van der Waals surface area contributed by atoms with Crippen LogP contribution in [-0.2, 0) is 10.0 Å². The number of hydrogen-bond donors (Lipinski definition) is 1. The average molecular weight is 234 g/mol. The van der Waals surface area contributed by atoms with Gasteiger partial charge in [0.15, 0.2) is 0 Å². The van der Waals surface area contributed by atoms with E-state index in [0.717, 1.165) is 22.8 Å². The van der Waals surface area contributed by atoms with E-state index in [1.165, 1.54) is 7.05 Å². The number of aliphatic hydroxyl groups excluding tert-OH is 1. The maximum atomic E-state index is 12.8. The fourth-order valence-corrected chi connectivity index (χ4v) is 2.11. The molecular weight excluding hydrogens is 223 g/mol. The highest BCUT2D eigenvalue weighted by Gasteiger charge is 2.20. The largest absolute Gasteiger partial charge is 0.395 e. The second-order valence-corrected chi connectivity index (χ2v) is 4.93. The van der Waals surface area contributed by atoms with Crippen LogP contribution in [0.5, 0.6) is 0 Å². The van der Waals surface area contributed by atoms with Gasteiger partial charge in [-0.3, -0.25) is 4.98 Å². The molecule has 0 fully saturated rings. The van der Waals surface area contributed by atoms with Gasteiger partial charge in [-0.15, -0.1) is 0 Å². The number of halogens is 1. The second kappa shape index (κ2) is 4.65. The summed E-state index contributed by atoms with van der Waals surface area (Å²) in [6, 6.07) is 0.885. The lowest BCUT2D eigenvalue weighted by atomic mass is 10.5. The van der Waals surface area contributed by atoms with Gasteiger partial charge in [-0.05, 0) is 6.07 Å². The highest BCUT2D eigenvalue weighted by molar-refractivity contribution is 7.89. The van der Waals surface area contributed by atoms with Crippen LogP contribution in [0.3, 0.4) is 0 Å². The molecule has 5 nitrogen and oxygen atoms in total. The third kappa shape index (κ3) is 2.71. The molecule has 0 spiro atoms. The summed E-state index contributed by atoms with van der Waals surface area (Å²) in [6.07, 6.45) is 1.98. The maximum absolute atomic E-state index is 12.8. The van der Waals surface area contributed by atoms with Crippen LogP contribution in [0.2, 0.25) is 0 Å². The predicted molar refractivity (Wildman–Crippen MR) is 51.1 cm³/mol. The molecule has 0 amide bonds. The summed E-state index contributed by atoms with van der Waals surface area (Å²) in [4.78, 5) is 3.23.